The van der Waals surface area contributed by atoms with Gasteiger partial charge in [-0.25, -0.2) is 4.79 Å². The Bertz CT molecular complexity index is 451. The maximum atomic E-state index is 11.5. The van der Waals surface area contributed by atoms with Crippen molar-refractivity contribution >= 4 is 11.8 Å². The summed E-state index contributed by atoms with van der Waals surface area (Å²) in [6, 6.07) is 2.54. The Morgan fingerprint density at radius 1 is 1.00 bits per heavy atom. The van der Waals surface area contributed by atoms with Gasteiger partial charge in [-0.05, 0) is 19.1 Å². The molecule has 7 nitrogen and oxygen atoms in total. The highest BCUT2D eigenvalue weighted by Gasteiger charge is 2.19. The third kappa shape index (κ3) is 3.94. The molecular formula is C13H16O7. The SMILES string of the molecule is COCOc1cc(C(C)=O)c(C(=O)O)cc1OCOC. The van der Waals surface area contributed by atoms with Crippen LogP contribution in [0.15, 0.2) is 12.1 Å². The minimum absolute atomic E-state index is 0.0355. The Hall–Kier alpha value is -2.12. The standard InChI is InChI=1S/C13H16O7/c1-8(14)9-4-11(19-6-17-2)12(20-7-18-3)5-10(9)13(15)16/h4-5H,6-7H2,1-3H3,(H,15,16). The van der Waals surface area contributed by atoms with Crippen molar-refractivity contribution in [2.75, 3.05) is 27.8 Å². The highest BCUT2D eigenvalue weighted by Crippen LogP contribution is 2.31. The lowest BCUT2D eigenvalue weighted by molar-refractivity contribution is 0.0320. The number of Topliss-reactive ketones (excluding diaryl/α,β-unsaturated/α-hetero) is 1. The Labute approximate surface area is 116 Å². The molecule has 1 aromatic rings. The number of hydrogen-bond acceptors (Lipinski definition) is 6. The molecule has 1 rings (SSSR count). The quantitative estimate of drug-likeness (QED) is 0.572. The Kier molecular flexibility index (Phi) is 5.95. The van der Waals surface area contributed by atoms with Crippen molar-refractivity contribution in [2.45, 2.75) is 6.92 Å². The molecule has 0 amide bonds. The number of hydrogen-bond donors (Lipinski definition) is 1. The normalized spacial score (nSPS) is 10.2. The molecule has 110 valence electrons. The highest BCUT2D eigenvalue weighted by molar-refractivity contribution is 6.05. The van der Waals surface area contributed by atoms with E-state index in [0.717, 1.165) is 0 Å². The number of carbonyl (C=O) groups is 2. The van der Waals surface area contributed by atoms with Gasteiger partial charge in [0.05, 0.1) is 5.56 Å². The summed E-state index contributed by atoms with van der Waals surface area (Å²) in [5.74, 6) is -1.25. The van der Waals surface area contributed by atoms with Gasteiger partial charge in [0.15, 0.2) is 30.9 Å². The van der Waals surface area contributed by atoms with Gasteiger partial charge in [-0.2, -0.15) is 0 Å². The summed E-state index contributed by atoms with van der Waals surface area (Å²) in [6.07, 6.45) is 0. The van der Waals surface area contributed by atoms with Crippen LogP contribution in [0, 0.1) is 0 Å². The molecule has 1 aromatic carbocycles. The maximum absolute atomic E-state index is 11.5. The van der Waals surface area contributed by atoms with Gasteiger partial charge in [-0.3, -0.25) is 4.79 Å². The number of benzene rings is 1. The summed E-state index contributed by atoms with van der Waals surface area (Å²) in [5, 5.41) is 9.13. The third-order valence-electron chi connectivity index (χ3n) is 2.36. The van der Waals surface area contributed by atoms with E-state index in [1.54, 1.807) is 0 Å². The van der Waals surface area contributed by atoms with E-state index < -0.39 is 5.97 Å². The Morgan fingerprint density at radius 3 is 1.80 bits per heavy atom. The van der Waals surface area contributed by atoms with Crippen molar-refractivity contribution in [3.05, 3.63) is 23.3 Å². The molecule has 0 unspecified atom stereocenters. The van der Waals surface area contributed by atoms with Gasteiger partial charge in [0.25, 0.3) is 0 Å². The van der Waals surface area contributed by atoms with Crippen molar-refractivity contribution in [1.82, 2.24) is 0 Å². The molecule has 0 heterocycles. The highest BCUT2D eigenvalue weighted by atomic mass is 16.7. The second-order valence-electron chi connectivity index (χ2n) is 3.81. The number of ketones is 1. The second kappa shape index (κ2) is 7.46. The molecule has 0 saturated carbocycles. The fourth-order valence-electron chi connectivity index (χ4n) is 1.50. The number of methoxy groups -OCH3 is 2. The molecule has 0 aliphatic rings. The van der Waals surface area contributed by atoms with Gasteiger partial charge in [0.1, 0.15) is 0 Å². The first-order valence-corrected chi connectivity index (χ1v) is 5.67. The largest absolute Gasteiger partial charge is 0.478 e. The maximum Gasteiger partial charge on any atom is 0.336 e. The number of carboxylic acid groups (broad SMARTS) is 1. The fourth-order valence-corrected chi connectivity index (χ4v) is 1.50. The summed E-state index contributed by atoms with van der Waals surface area (Å²) >= 11 is 0. The lowest BCUT2D eigenvalue weighted by Gasteiger charge is -2.14. The smallest absolute Gasteiger partial charge is 0.336 e. The van der Waals surface area contributed by atoms with E-state index >= 15 is 0 Å². The van der Waals surface area contributed by atoms with Crippen LogP contribution in [-0.4, -0.2) is 44.7 Å². The van der Waals surface area contributed by atoms with Gasteiger partial charge in [0.2, 0.25) is 0 Å². The molecule has 0 fully saturated rings. The summed E-state index contributed by atoms with van der Waals surface area (Å²) in [6.45, 7) is 1.13. The summed E-state index contributed by atoms with van der Waals surface area (Å²) in [4.78, 5) is 22.7. The van der Waals surface area contributed by atoms with E-state index in [0.29, 0.717) is 0 Å². The average Bonchev–Trinajstić information content (AvgIpc) is 2.42. The number of ether oxygens (including phenoxy) is 4. The average molecular weight is 284 g/mol. The second-order valence-corrected chi connectivity index (χ2v) is 3.81. The molecule has 20 heavy (non-hydrogen) atoms. The Balaban J connectivity index is 3.27. The topological polar surface area (TPSA) is 91.3 Å². The summed E-state index contributed by atoms with van der Waals surface area (Å²) in [7, 11) is 2.87. The van der Waals surface area contributed by atoms with Crippen LogP contribution >= 0.6 is 0 Å². The summed E-state index contributed by atoms with van der Waals surface area (Å²) in [5.41, 5.74) is -0.123. The van der Waals surface area contributed by atoms with Crippen LogP contribution in [0.3, 0.4) is 0 Å². The van der Waals surface area contributed by atoms with Crippen LogP contribution in [-0.2, 0) is 9.47 Å². The van der Waals surface area contributed by atoms with Crippen LogP contribution in [0.25, 0.3) is 0 Å². The summed E-state index contributed by atoms with van der Waals surface area (Å²) < 4.78 is 20.0. The molecule has 0 saturated heterocycles. The van der Waals surface area contributed by atoms with Gasteiger partial charge < -0.3 is 24.1 Å². The predicted molar refractivity (Wildman–Crippen MR) is 68.4 cm³/mol. The van der Waals surface area contributed by atoms with E-state index in [4.69, 9.17) is 24.1 Å². The minimum Gasteiger partial charge on any atom is -0.478 e. The van der Waals surface area contributed by atoms with Gasteiger partial charge >= 0.3 is 5.97 Å². The lowest BCUT2D eigenvalue weighted by Crippen LogP contribution is -2.10. The zero-order valence-corrected chi connectivity index (χ0v) is 11.5. The number of carbonyl (C=O) groups excluding carboxylic acids is 1. The van der Waals surface area contributed by atoms with E-state index in [9.17, 15) is 9.59 Å². The fraction of sp³-hybridized carbons (Fsp3) is 0.385. The van der Waals surface area contributed by atoms with Crippen molar-refractivity contribution in [2.24, 2.45) is 0 Å². The molecule has 0 aliphatic carbocycles. The van der Waals surface area contributed by atoms with Crippen molar-refractivity contribution in [3.63, 3.8) is 0 Å². The molecule has 0 aromatic heterocycles. The molecule has 1 N–H and O–H groups in total. The molecule has 7 heteroatoms. The van der Waals surface area contributed by atoms with Gasteiger partial charge in [-0.15, -0.1) is 0 Å². The molecule has 0 bridgehead atoms. The lowest BCUT2D eigenvalue weighted by atomic mass is 10.0. The Morgan fingerprint density at radius 2 is 1.45 bits per heavy atom. The molecule has 0 spiro atoms. The zero-order valence-electron chi connectivity index (χ0n) is 11.5. The van der Waals surface area contributed by atoms with E-state index in [1.807, 2.05) is 0 Å². The van der Waals surface area contributed by atoms with E-state index in [2.05, 4.69) is 0 Å². The predicted octanol–water partition coefficient (Wildman–Crippen LogP) is 1.55. The van der Waals surface area contributed by atoms with E-state index in [-0.39, 0.29) is 42.0 Å². The first-order valence-electron chi connectivity index (χ1n) is 5.67. The van der Waals surface area contributed by atoms with Crippen LogP contribution < -0.4 is 9.47 Å². The van der Waals surface area contributed by atoms with Crippen LogP contribution in [0.2, 0.25) is 0 Å². The molecule has 0 radical (unpaired) electrons. The number of rotatable bonds is 8. The monoisotopic (exact) mass is 284 g/mol. The first kappa shape index (κ1) is 15.9. The zero-order chi connectivity index (χ0) is 15.1. The molecule has 0 aliphatic heterocycles. The van der Waals surface area contributed by atoms with Crippen molar-refractivity contribution in [1.29, 1.82) is 0 Å². The first-order chi connectivity index (χ1) is 9.51. The van der Waals surface area contributed by atoms with Gasteiger partial charge in [0, 0.05) is 19.8 Å². The van der Waals surface area contributed by atoms with Crippen molar-refractivity contribution in [3.8, 4) is 11.5 Å². The van der Waals surface area contributed by atoms with Crippen LogP contribution in [0.4, 0.5) is 0 Å². The van der Waals surface area contributed by atoms with E-state index in [1.165, 1.54) is 33.3 Å². The number of carboxylic acids is 1. The van der Waals surface area contributed by atoms with Crippen molar-refractivity contribution < 1.29 is 33.6 Å². The third-order valence-corrected chi connectivity index (χ3v) is 2.36. The van der Waals surface area contributed by atoms with Crippen LogP contribution in [0.5, 0.6) is 11.5 Å². The van der Waals surface area contributed by atoms with Gasteiger partial charge in [-0.1, -0.05) is 0 Å². The molecular weight excluding hydrogens is 268 g/mol. The minimum atomic E-state index is -1.23. The molecule has 0 atom stereocenters. The van der Waals surface area contributed by atoms with Crippen LogP contribution in [0.1, 0.15) is 27.6 Å². The number of aromatic carboxylic acids is 1.